The van der Waals surface area contributed by atoms with Gasteiger partial charge in [0.15, 0.2) is 0 Å². The van der Waals surface area contributed by atoms with Crippen LogP contribution in [0.4, 0.5) is 4.39 Å². The van der Waals surface area contributed by atoms with E-state index in [-0.39, 0.29) is 11.9 Å². The van der Waals surface area contributed by atoms with Crippen LogP contribution in [0.1, 0.15) is 30.6 Å². The molecule has 0 aliphatic rings. The topological polar surface area (TPSA) is 37.8 Å². The van der Waals surface area contributed by atoms with Crippen molar-refractivity contribution in [2.24, 2.45) is 0 Å². The van der Waals surface area contributed by atoms with Crippen molar-refractivity contribution in [3.05, 3.63) is 59.9 Å². The summed E-state index contributed by atoms with van der Waals surface area (Å²) >= 11 is 0. The highest BCUT2D eigenvalue weighted by molar-refractivity contribution is 5.18. The molecule has 0 saturated carbocycles. The summed E-state index contributed by atoms with van der Waals surface area (Å²) in [5.41, 5.74) is 1.60. The average molecular weight is 259 g/mol. The van der Waals surface area contributed by atoms with Gasteiger partial charge in [-0.3, -0.25) is 9.97 Å². The van der Waals surface area contributed by atoms with Crippen molar-refractivity contribution < 1.29 is 4.39 Å². The third-order valence-corrected chi connectivity index (χ3v) is 2.95. The summed E-state index contributed by atoms with van der Waals surface area (Å²) in [6.07, 6.45) is 6.84. The van der Waals surface area contributed by atoms with Crippen LogP contribution >= 0.6 is 0 Å². The average Bonchev–Trinajstić information content (AvgIpc) is 2.45. The number of halogens is 1. The Kier molecular flexibility index (Phi) is 4.98. The third-order valence-electron chi connectivity index (χ3n) is 2.95. The monoisotopic (exact) mass is 259 g/mol. The summed E-state index contributed by atoms with van der Waals surface area (Å²) in [5.74, 6) is -0.259. The van der Waals surface area contributed by atoms with Crippen molar-refractivity contribution >= 4 is 0 Å². The van der Waals surface area contributed by atoms with Gasteiger partial charge in [0.25, 0.3) is 0 Å². The highest BCUT2D eigenvalue weighted by Gasteiger charge is 2.16. The number of rotatable bonds is 6. The maximum atomic E-state index is 13.9. The molecule has 19 heavy (non-hydrogen) atoms. The van der Waals surface area contributed by atoms with Gasteiger partial charge in [-0.25, -0.2) is 4.39 Å². The molecule has 2 heterocycles. The zero-order valence-corrected chi connectivity index (χ0v) is 11.0. The molecule has 0 amide bonds. The summed E-state index contributed by atoms with van der Waals surface area (Å²) < 4.78 is 13.9. The summed E-state index contributed by atoms with van der Waals surface area (Å²) in [5, 5.41) is 3.35. The Morgan fingerprint density at radius 2 is 2.00 bits per heavy atom. The van der Waals surface area contributed by atoms with Gasteiger partial charge >= 0.3 is 0 Å². The van der Waals surface area contributed by atoms with Crippen molar-refractivity contribution in [2.45, 2.75) is 25.8 Å². The minimum Gasteiger partial charge on any atom is -0.308 e. The third kappa shape index (κ3) is 3.83. The number of hydrogen-bond acceptors (Lipinski definition) is 3. The summed E-state index contributed by atoms with van der Waals surface area (Å²) in [6, 6.07) is 6.85. The van der Waals surface area contributed by atoms with Crippen molar-refractivity contribution in [1.29, 1.82) is 0 Å². The Morgan fingerprint density at radius 1 is 1.21 bits per heavy atom. The van der Waals surface area contributed by atoms with Gasteiger partial charge in [-0.1, -0.05) is 6.92 Å². The molecule has 4 heteroatoms. The summed E-state index contributed by atoms with van der Waals surface area (Å²) in [4.78, 5) is 8.17. The second-order valence-corrected chi connectivity index (χ2v) is 4.44. The lowest BCUT2D eigenvalue weighted by Crippen LogP contribution is -2.26. The highest BCUT2D eigenvalue weighted by atomic mass is 19.1. The molecule has 0 aromatic carbocycles. The molecule has 0 fully saturated rings. The number of nitrogens with one attached hydrogen (secondary N) is 1. The molecule has 0 radical (unpaired) electrons. The zero-order chi connectivity index (χ0) is 13.5. The van der Waals surface area contributed by atoms with Crippen molar-refractivity contribution in [1.82, 2.24) is 15.3 Å². The summed E-state index contributed by atoms with van der Waals surface area (Å²) in [7, 11) is 0. The van der Waals surface area contributed by atoms with Crippen LogP contribution < -0.4 is 5.32 Å². The van der Waals surface area contributed by atoms with Crippen LogP contribution in [0.15, 0.2) is 42.9 Å². The van der Waals surface area contributed by atoms with E-state index in [9.17, 15) is 4.39 Å². The quantitative estimate of drug-likeness (QED) is 0.866. The molecule has 0 spiro atoms. The van der Waals surface area contributed by atoms with Crippen molar-refractivity contribution in [2.75, 3.05) is 6.54 Å². The van der Waals surface area contributed by atoms with Crippen LogP contribution in [0.25, 0.3) is 0 Å². The van der Waals surface area contributed by atoms with Crippen LogP contribution in [0.5, 0.6) is 0 Å². The van der Waals surface area contributed by atoms with E-state index in [0.717, 1.165) is 18.5 Å². The summed E-state index contributed by atoms with van der Waals surface area (Å²) in [6.45, 7) is 2.93. The molecule has 0 aliphatic carbocycles. The maximum Gasteiger partial charge on any atom is 0.146 e. The molecule has 1 atom stereocenters. The van der Waals surface area contributed by atoms with Gasteiger partial charge in [0.2, 0.25) is 0 Å². The fourth-order valence-electron chi connectivity index (χ4n) is 1.99. The highest BCUT2D eigenvalue weighted by Crippen LogP contribution is 2.18. The first-order chi connectivity index (χ1) is 9.31. The Bertz CT molecular complexity index is 502. The van der Waals surface area contributed by atoms with E-state index in [1.165, 1.54) is 6.07 Å². The molecule has 0 bridgehead atoms. The van der Waals surface area contributed by atoms with Crippen molar-refractivity contribution in [3.63, 3.8) is 0 Å². The molecule has 1 unspecified atom stereocenters. The van der Waals surface area contributed by atoms with Gasteiger partial charge in [-0.05, 0) is 49.2 Å². The molecule has 2 aromatic rings. The second-order valence-electron chi connectivity index (χ2n) is 4.44. The predicted molar refractivity (Wildman–Crippen MR) is 73.2 cm³/mol. The largest absolute Gasteiger partial charge is 0.308 e. The number of nitrogens with zero attached hydrogens (tertiary/aromatic N) is 2. The van der Waals surface area contributed by atoms with E-state index >= 15 is 0 Å². The second kappa shape index (κ2) is 6.95. The first-order valence-electron chi connectivity index (χ1n) is 6.54. The SMILES string of the molecule is CCCNC(Cc1ccncc1)c1ncccc1F. The van der Waals surface area contributed by atoms with Crippen LogP contribution in [0.3, 0.4) is 0 Å². The molecule has 1 N–H and O–H groups in total. The first-order valence-corrected chi connectivity index (χ1v) is 6.54. The van der Waals surface area contributed by atoms with E-state index in [1.807, 2.05) is 12.1 Å². The number of hydrogen-bond donors (Lipinski definition) is 1. The van der Waals surface area contributed by atoms with Crippen LogP contribution in [-0.2, 0) is 6.42 Å². The minimum absolute atomic E-state index is 0.108. The molecular formula is C15H18FN3. The molecule has 0 saturated heterocycles. The van der Waals surface area contributed by atoms with Crippen LogP contribution in [0.2, 0.25) is 0 Å². The Balaban J connectivity index is 2.19. The molecule has 100 valence electrons. The van der Waals surface area contributed by atoms with E-state index in [4.69, 9.17) is 0 Å². The molecule has 0 aliphatic heterocycles. The standard InChI is InChI=1S/C15H18FN3/c1-2-7-18-14(11-12-5-9-17-10-6-12)15-13(16)4-3-8-19-15/h3-6,8-10,14,18H,2,7,11H2,1H3. The first kappa shape index (κ1) is 13.6. The maximum absolute atomic E-state index is 13.9. The van der Waals surface area contributed by atoms with Gasteiger partial charge in [0, 0.05) is 18.6 Å². The number of aromatic nitrogens is 2. The normalized spacial score (nSPS) is 12.3. The van der Waals surface area contributed by atoms with Crippen LogP contribution in [-0.4, -0.2) is 16.5 Å². The van der Waals surface area contributed by atoms with Gasteiger partial charge in [-0.15, -0.1) is 0 Å². The van der Waals surface area contributed by atoms with E-state index in [2.05, 4.69) is 22.2 Å². The fourth-order valence-corrected chi connectivity index (χ4v) is 1.99. The smallest absolute Gasteiger partial charge is 0.146 e. The van der Waals surface area contributed by atoms with E-state index in [1.54, 1.807) is 24.7 Å². The van der Waals surface area contributed by atoms with Gasteiger partial charge in [0.05, 0.1) is 11.7 Å². The molecule has 2 aromatic heterocycles. The van der Waals surface area contributed by atoms with E-state index in [0.29, 0.717) is 12.1 Å². The van der Waals surface area contributed by atoms with Gasteiger partial charge < -0.3 is 5.32 Å². The molecule has 2 rings (SSSR count). The molecule has 3 nitrogen and oxygen atoms in total. The zero-order valence-electron chi connectivity index (χ0n) is 11.0. The minimum atomic E-state index is -0.259. The lowest BCUT2D eigenvalue weighted by atomic mass is 10.0. The lowest BCUT2D eigenvalue weighted by molar-refractivity contribution is 0.482. The van der Waals surface area contributed by atoms with Gasteiger partial charge in [-0.2, -0.15) is 0 Å². The number of pyridine rings is 2. The van der Waals surface area contributed by atoms with Crippen molar-refractivity contribution in [3.8, 4) is 0 Å². The Morgan fingerprint density at radius 3 is 2.68 bits per heavy atom. The Hall–Kier alpha value is -1.81. The predicted octanol–water partition coefficient (Wildman–Crippen LogP) is 2.90. The van der Waals surface area contributed by atoms with Crippen LogP contribution in [0, 0.1) is 5.82 Å². The molecular weight excluding hydrogens is 241 g/mol. The lowest BCUT2D eigenvalue weighted by Gasteiger charge is -2.18. The fraction of sp³-hybridized carbons (Fsp3) is 0.333. The van der Waals surface area contributed by atoms with E-state index < -0.39 is 0 Å². The van der Waals surface area contributed by atoms with Gasteiger partial charge in [0.1, 0.15) is 5.82 Å². The Labute approximate surface area is 112 Å².